The molecule has 2 amide bonds. The number of carbonyl (C=O) groups is 2. The number of nitrogens with one attached hydrogen (secondary N) is 2. The first-order valence-corrected chi connectivity index (χ1v) is 12.0. The van der Waals surface area contributed by atoms with Gasteiger partial charge in [-0.2, -0.15) is 0 Å². The summed E-state index contributed by atoms with van der Waals surface area (Å²) >= 11 is 0. The maximum atomic E-state index is 13.6. The van der Waals surface area contributed by atoms with Crippen molar-refractivity contribution in [3.8, 4) is 0 Å². The summed E-state index contributed by atoms with van der Waals surface area (Å²) in [4.78, 5) is 25.2. The minimum absolute atomic E-state index is 0.0138. The highest BCUT2D eigenvalue weighted by Gasteiger charge is 2.48. The van der Waals surface area contributed by atoms with Crippen LogP contribution >= 0.6 is 0 Å². The lowest BCUT2D eigenvalue weighted by Gasteiger charge is -2.54. The van der Waals surface area contributed by atoms with E-state index in [-0.39, 0.29) is 5.91 Å². The maximum Gasteiger partial charge on any atom is 0.274 e. The summed E-state index contributed by atoms with van der Waals surface area (Å²) in [6.45, 7) is 0.527. The van der Waals surface area contributed by atoms with Gasteiger partial charge in [0.1, 0.15) is 5.69 Å². The third-order valence-corrected chi connectivity index (χ3v) is 8.23. The molecule has 0 spiro atoms. The number of fused-ring (bicyclic) bond motifs is 1. The fourth-order valence-electron chi connectivity index (χ4n) is 6.96. The van der Waals surface area contributed by atoms with E-state index in [2.05, 4.69) is 9.88 Å². The SMILES string of the molecule is O=C(NO)c1ccc(Cn2c(C(=O)NC3C4CC5CC(C4)CC3C5)cc3ccccc32)cc1. The summed E-state index contributed by atoms with van der Waals surface area (Å²) < 4.78 is 2.07. The lowest BCUT2D eigenvalue weighted by molar-refractivity contribution is -0.0120. The molecule has 6 heteroatoms. The Hall–Kier alpha value is -3.12. The number of amides is 2. The predicted molar refractivity (Wildman–Crippen MR) is 125 cm³/mol. The van der Waals surface area contributed by atoms with Crippen molar-refractivity contribution in [3.05, 3.63) is 71.4 Å². The Kier molecular flexibility index (Phi) is 4.98. The van der Waals surface area contributed by atoms with Gasteiger partial charge in [-0.15, -0.1) is 0 Å². The third kappa shape index (κ3) is 3.62. The number of carbonyl (C=O) groups excluding carboxylic acids is 2. The quantitative estimate of drug-likeness (QED) is 0.405. The first-order chi connectivity index (χ1) is 16.1. The molecule has 7 rings (SSSR count). The van der Waals surface area contributed by atoms with E-state index in [9.17, 15) is 9.59 Å². The van der Waals surface area contributed by atoms with Gasteiger partial charge in [0.15, 0.2) is 0 Å². The molecule has 3 aromatic rings. The van der Waals surface area contributed by atoms with Crippen LogP contribution in [0.15, 0.2) is 54.6 Å². The van der Waals surface area contributed by atoms with Gasteiger partial charge in [-0.25, -0.2) is 5.48 Å². The van der Waals surface area contributed by atoms with E-state index < -0.39 is 5.91 Å². The number of nitrogens with zero attached hydrogens (tertiary/aromatic N) is 1. The molecule has 4 aliphatic rings. The van der Waals surface area contributed by atoms with Crippen molar-refractivity contribution in [1.82, 2.24) is 15.4 Å². The smallest absolute Gasteiger partial charge is 0.274 e. The maximum absolute atomic E-state index is 13.6. The minimum atomic E-state index is -0.538. The number of para-hydroxylation sites is 1. The molecular weight excluding hydrogens is 414 g/mol. The van der Waals surface area contributed by atoms with Crippen molar-refractivity contribution in [2.45, 2.75) is 44.7 Å². The van der Waals surface area contributed by atoms with Crippen molar-refractivity contribution < 1.29 is 14.8 Å². The van der Waals surface area contributed by atoms with E-state index in [0.29, 0.717) is 35.7 Å². The number of aromatic nitrogens is 1. The molecule has 33 heavy (non-hydrogen) atoms. The Balaban J connectivity index is 1.28. The van der Waals surface area contributed by atoms with E-state index >= 15 is 0 Å². The molecule has 4 fully saturated rings. The second kappa shape index (κ2) is 8.03. The van der Waals surface area contributed by atoms with Crippen LogP contribution in [0.1, 0.15) is 58.5 Å². The Morgan fingerprint density at radius 1 is 0.879 bits per heavy atom. The van der Waals surface area contributed by atoms with Gasteiger partial charge in [0, 0.05) is 29.1 Å². The zero-order valence-electron chi connectivity index (χ0n) is 18.5. The van der Waals surface area contributed by atoms with Crippen LogP contribution < -0.4 is 10.8 Å². The molecule has 0 atom stereocenters. The van der Waals surface area contributed by atoms with E-state index in [4.69, 9.17) is 5.21 Å². The van der Waals surface area contributed by atoms with Crippen LogP contribution in [0, 0.1) is 23.7 Å². The average Bonchev–Trinajstić information content (AvgIpc) is 3.19. The first-order valence-electron chi connectivity index (χ1n) is 12.0. The standard InChI is InChI=1S/C27H29N3O3/c31-26(29-33)19-7-5-16(6-8-19)15-30-23-4-2-1-3-20(23)14-24(30)27(32)28-25-21-10-17-9-18(12-21)13-22(25)11-17/h1-8,14,17-18,21-22,25,33H,9-13,15H2,(H,28,32)(H,29,31). The normalized spacial score (nSPS) is 27.6. The third-order valence-electron chi connectivity index (χ3n) is 8.23. The lowest BCUT2D eigenvalue weighted by Crippen LogP contribution is -2.56. The number of hydrogen-bond acceptors (Lipinski definition) is 3. The molecule has 1 aromatic heterocycles. The van der Waals surface area contributed by atoms with E-state index in [0.717, 1.165) is 28.3 Å². The Labute approximate surface area is 192 Å². The van der Waals surface area contributed by atoms with Crippen LogP contribution in [0.3, 0.4) is 0 Å². The number of benzene rings is 2. The van der Waals surface area contributed by atoms with Crippen molar-refractivity contribution in [1.29, 1.82) is 0 Å². The largest absolute Gasteiger partial charge is 0.347 e. The van der Waals surface area contributed by atoms with E-state index in [1.165, 1.54) is 32.1 Å². The second-order valence-electron chi connectivity index (χ2n) is 10.2. The molecule has 0 aliphatic heterocycles. The predicted octanol–water partition coefficient (Wildman–Crippen LogP) is 4.36. The van der Waals surface area contributed by atoms with Gasteiger partial charge in [0.2, 0.25) is 0 Å². The molecule has 4 bridgehead atoms. The number of hydrogen-bond donors (Lipinski definition) is 3. The molecule has 170 valence electrons. The number of hydroxylamine groups is 1. The molecular formula is C27H29N3O3. The molecule has 6 nitrogen and oxygen atoms in total. The van der Waals surface area contributed by atoms with Crippen LogP contribution in [-0.2, 0) is 6.54 Å². The Morgan fingerprint density at radius 2 is 1.55 bits per heavy atom. The fraction of sp³-hybridized carbons (Fsp3) is 0.407. The van der Waals surface area contributed by atoms with Gasteiger partial charge in [-0.05, 0) is 85.6 Å². The first kappa shape index (κ1) is 20.5. The number of rotatable bonds is 5. The molecule has 0 unspecified atom stereocenters. The van der Waals surface area contributed by atoms with Crippen molar-refractivity contribution >= 4 is 22.7 Å². The minimum Gasteiger partial charge on any atom is -0.347 e. The highest BCUT2D eigenvalue weighted by molar-refractivity contribution is 5.99. The molecule has 4 aliphatic carbocycles. The molecule has 3 N–H and O–H groups in total. The summed E-state index contributed by atoms with van der Waals surface area (Å²) in [5.41, 5.74) is 4.73. The highest BCUT2D eigenvalue weighted by Crippen LogP contribution is 2.53. The van der Waals surface area contributed by atoms with Gasteiger partial charge in [0.05, 0.1) is 0 Å². The van der Waals surface area contributed by atoms with Crippen molar-refractivity contribution in [2.24, 2.45) is 23.7 Å². The van der Waals surface area contributed by atoms with Crippen molar-refractivity contribution in [2.75, 3.05) is 0 Å². The highest BCUT2D eigenvalue weighted by atomic mass is 16.5. The van der Waals surface area contributed by atoms with Gasteiger partial charge in [-0.1, -0.05) is 30.3 Å². The van der Waals surface area contributed by atoms with E-state index in [1.54, 1.807) is 17.6 Å². The summed E-state index contributed by atoms with van der Waals surface area (Å²) in [5, 5.41) is 13.3. The Bertz CT molecular complexity index is 1190. The second-order valence-corrected chi connectivity index (χ2v) is 10.2. The monoisotopic (exact) mass is 443 g/mol. The molecule has 0 saturated heterocycles. The van der Waals surface area contributed by atoms with Crippen LogP contribution in [0.4, 0.5) is 0 Å². The van der Waals surface area contributed by atoms with Gasteiger partial charge < -0.3 is 9.88 Å². The average molecular weight is 444 g/mol. The van der Waals surface area contributed by atoms with Gasteiger partial charge in [0.25, 0.3) is 11.8 Å². The summed E-state index contributed by atoms with van der Waals surface area (Å²) in [6.07, 6.45) is 6.49. The van der Waals surface area contributed by atoms with Crippen molar-refractivity contribution in [3.63, 3.8) is 0 Å². The van der Waals surface area contributed by atoms with Gasteiger partial charge >= 0.3 is 0 Å². The van der Waals surface area contributed by atoms with Crippen LogP contribution in [0.2, 0.25) is 0 Å². The summed E-state index contributed by atoms with van der Waals surface area (Å²) in [7, 11) is 0. The lowest BCUT2D eigenvalue weighted by atomic mass is 9.54. The van der Waals surface area contributed by atoms with Crippen LogP contribution in [0.5, 0.6) is 0 Å². The molecule has 1 heterocycles. The zero-order chi connectivity index (χ0) is 22.5. The van der Waals surface area contributed by atoms with Gasteiger partial charge in [-0.3, -0.25) is 14.8 Å². The zero-order valence-corrected chi connectivity index (χ0v) is 18.5. The Morgan fingerprint density at radius 3 is 2.21 bits per heavy atom. The van der Waals surface area contributed by atoms with Crippen LogP contribution in [0.25, 0.3) is 10.9 Å². The topological polar surface area (TPSA) is 83.4 Å². The van der Waals surface area contributed by atoms with E-state index in [1.807, 2.05) is 42.5 Å². The molecule has 2 aromatic carbocycles. The summed E-state index contributed by atoms with van der Waals surface area (Å²) in [5.74, 6) is 2.50. The summed E-state index contributed by atoms with van der Waals surface area (Å²) in [6, 6.07) is 17.4. The molecule has 0 radical (unpaired) electrons. The van der Waals surface area contributed by atoms with Crippen LogP contribution in [-0.4, -0.2) is 27.6 Å². The fourth-order valence-corrected chi connectivity index (χ4v) is 6.96. The molecule has 4 saturated carbocycles.